The Kier molecular flexibility index (Phi) is 5.26. The first-order chi connectivity index (χ1) is 7.62. The summed E-state index contributed by atoms with van der Waals surface area (Å²) in [7, 11) is 0. The van der Waals surface area contributed by atoms with Gasteiger partial charge in [-0.2, -0.15) is 0 Å². The number of ether oxygens (including phenoxy) is 1. The molecule has 3 nitrogen and oxygen atoms in total. The van der Waals surface area contributed by atoms with Crippen LogP contribution >= 0.6 is 0 Å². The van der Waals surface area contributed by atoms with Gasteiger partial charge >= 0.3 is 5.97 Å². The van der Waals surface area contributed by atoms with E-state index in [9.17, 15) is 4.79 Å². The van der Waals surface area contributed by atoms with E-state index in [1.54, 1.807) is 0 Å². The van der Waals surface area contributed by atoms with Gasteiger partial charge in [0.15, 0.2) is 0 Å². The van der Waals surface area contributed by atoms with Crippen molar-refractivity contribution >= 4 is 5.97 Å². The van der Waals surface area contributed by atoms with Crippen LogP contribution in [0.4, 0.5) is 0 Å². The lowest BCUT2D eigenvalue weighted by molar-refractivity contribution is -0.154. The van der Waals surface area contributed by atoms with E-state index in [1.165, 1.54) is 25.7 Å². The molecule has 1 fully saturated rings. The first-order valence-electron chi connectivity index (χ1n) is 6.53. The molecule has 1 aliphatic rings. The summed E-state index contributed by atoms with van der Waals surface area (Å²) in [5.74, 6) is -0.0667. The van der Waals surface area contributed by atoms with Crippen LogP contribution in [0.25, 0.3) is 0 Å². The number of hydrogen-bond acceptors (Lipinski definition) is 3. The molecule has 3 heteroatoms. The topological polar surface area (TPSA) is 38.3 Å². The van der Waals surface area contributed by atoms with E-state index in [2.05, 4.69) is 5.32 Å². The maximum atomic E-state index is 11.8. The molecule has 0 aromatic heterocycles. The first kappa shape index (κ1) is 13.5. The largest absolute Gasteiger partial charge is 0.466 e. The van der Waals surface area contributed by atoms with Crippen molar-refractivity contribution in [1.29, 1.82) is 0 Å². The second kappa shape index (κ2) is 6.24. The number of carbonyl (C=O) groups excluding carboxylic acids is 1. The van der Waals surface area contributed by atoms with Crippen molar-refractivity contribution in [1.82, 2.24) is 5.32 Å². The van der Waals surface area contributed by atoms with Crippen LogP contribution < -0.4 is 5.32 Å². The zero-order chi connectivity index (χ0) is 12.0. The highest BCUT2D eigenvalue weighted by Crippen LogP contribution is 2.24. The van der Waals surface area contributed by atoms with Gasteiger partial charge in [-0.05, 0) is 33.1 Å². The zero-order valence-electron chi connectivity index (χ0n) is 10.8. The quantitative estimate of drug-likeness (QED) is 0.709. The fourth-order valence-electron chi connectivity index (χ4n) is 2.15. The van der Waals surface area contributed by atoms with Crippen LogP contribution in [0.1, 0.15) is 52.9 Å². The number of esters is 1. The lowest BCUT2D eigenvalue weighted by Gasteiger charge is -2.27. The lowest BCUT2D eigenvalue weighted by Crippen LogP contribution is -2.42. The highest BCUT2D eigenvalue weighted by Gasteiger charge is 2.33. The summed E-state index contributed by atoms with van der Waals surface area (Å²) in [5.41, 5.74) is -0.362. The summed E-state index contributed by atoms with van der Waals surface area (Å²) >= 11 is 0. The van der Waals surface area contributed by atoms with Crippen LogP contribution in [0.3, 0.4) is 0 Å². The van der Waals surface area contributed by atoms with Gasteiger partial charge in [0.1, 0.15) is 0 Å². The smallest absolute Gasteiger partial charge is 0.313 e. The van der Waals surface area contributed by atoms with Gasteiger partial charge in [-0.15, -0.1) is 0 Å². The highest BCUT2D eigenvalue weighted by atomic mass is 16.5. The SMILES string of the molecule is CCOC(=O)C(C)(CC)CNC1CCCC1. The number of nitrogens with one attached hydrogen (secondary N) is 1. The minimum Gasteiger partial charge on any atom is -0.466 e. The molecule has 0 spiro atoms. The van der Waals surface area contributed by atoms with Crippen LogP contribution in [0.5, 0.6) is 0 Å². The number of rotatable bonds is 6. The molecule has 1 rings (SSSR count). The number of carbonyl (C=O) groups is 1. The summed E-state index contributed by atoms with van der Waals surface area (Å²) in [6.45, 7) is 7.11. The molecule has 0 bridgehead atoms. The maximum absolute atomic E-state index is 11.8. The maximum Gasteiger partial charge on any atom is 0.313 e. The summed E-state index contributed by atoms with van der Waals surface area (Å²) in [5, 5.41) is 3.51. The van der Waals surface area contributed by atoms with Crippen molar-refractivity contribution in [2.75, 3.05) is 13.2 Å². The van der Waals surface area contributed by atoms with Gasteiger partial charge in [-0.3, -0.25) is 4.79 Å². The Labute approximate surface area is 98.9 Å². The third-order valence-electron chi connectivity index (χ3n) is 3.68. The van der Waals surface area contributed by atoms with Crippen molar-refractivity contribution in [2.24, 2.45) is 5.41 Å². The van der Waals surface area contributed by atoms with Gasteiger partial charge in [0, 0.05) is 12.6 Å². The van der Waals surface area contributed by atoms with Crippen LogP contribution in [-0.4, -0.2) is 25.2 Å². The Bertz CT molecular complexity index is 224. The average molecular weight is 227 g/mol. The van der Waals surface area contributed by atoms with Crippen molar-refractivity contribution in [2.45, 2.75) is 58.9 Å². The van der Waals surface area contributed by atoms with E-state index in [1.807, 2.05) is 20.8 Å². The molecular weight excluding hydrogens is 202 g/mol. The first-order valence-corrected chi connectivity index (χ1v) is 6.53. The van der Waals surface area contributed by atoms with Crippen molar-refractivity contribution in [3.8, 4) is 0 Å². The molecule has 0 radical (unpaired) electrons. The zero-order valence-corrected chi connectivity index (χ0v) is 10.8. The van der Waals surface area contributed by atoms with Crippen molar-refractivity contribution < 1.29 is 9.53 Å². The van der Waals surface area contributed by atoms with Crippen LogP contribution in [-0.2, 0) is 9.53 Å². The van der Waals surface area contributed by atoms with Crippen LogP contribution in [0.2, 0.25) is 0 Å². The predicted octanol–water partition coefficient (Wildman–Crippen LogP) is 2.50. The summed E-state index contributed by atoms with van der Waals surface area (Å²) in [6.07, 6.45) is 5.97. The van der Waals surface area contributed by atoms with E-state index in [-0.39, 0.29) is 11.4 Å². The standard InChI is InChI=1S/C13H25NO2/c1-4-13(3,12(15)16-5-2)10-14-11-8-6-7-9-11/h11,14H,4-10H2,1-3H3. The van der Waals surface area contributed by atoms with Crippen molar-refractivity contribution in [3.05, 3.63) is 0 Å². The van der Waals surface area contributed by atoms with E-state index < -0.39 is 0 Å². The van der Waals surface area contributed by atoms with Gasteiger partial charge < -0.3 is 10.1 Å². The van der Waals surface area contributed by atoms with E-state index in [0.717, 1.165) is 13.0 Å². The molecule has 94 valence electrons. The molecule has 0 amide bonds. The second-order valence-corrected chi connectivity index (χ2v) is 5.00. The number of hydrogen-bond donors (Lipinski definition) is 1. The minimum absolute atomic E-state index is 0.0667. The summed E-state index contributed by atoms with van der Waals surface area (Å²) in [6, 6.07) is 0.611. The molecule has 0 saturated heterocycles. The summed E-state index contributed by atoms with van der Waals surface area (Å²) < 4.78 is 5.13. The minimum atomic E-state index is -0.362. The molecule has 0 heterocycles. The predicted molar refractivity (Wildman–Crippen MR) is 65.3 cm³/mol. The van der Waals surface area contributed by atoms with Gasteiger partial charge in [-0.25, -0.2) is 0 Å². The Morgan fingerprint density at radius 3 is 2.50 bits per heavy atom. The molecule has 16 heavy (non-hydrogen) atoms. The normalized spacial score (nSPS) is 20.7. The van der Waals surface area contributed by atoms with Gasteiger partial charge in [0.25, 0.3) is 0 Å². The Balaban J connectivity index is 2.41. The molecule has 0 aromatic carbocycles. The van der Waals surface area contributed by atoms with E-state index >= 15 is 0 Å². The van der Waals surface area contributed by atoms with Gasteiger partial charge in [0.2, 0.25) is 0 Å². The molecule has 1 atom stereocenters. The van der Waals surface area contributed by atoms with Crippen LogP contribution in [0.15, 0.2) is 0 Å². The molecule has 1 aliphatic carbocycles. The van der Waals surface area contributed by atoms with Crippen LogP contribution in [0, 0.1) is 5.41 Å². The van der Waals surface area contributed by atoms with Gasteiger partial charge in [0.05, 0.1) is 12.0 Å². The molecule has 0 aromatic rings. The van der Waals surface area contributed by atoms with E-state index in [4.69, 9.17) is 4.74 Å². The second-order valence-electron chi connectivity index (χ2n) is 5.00. The summed E-state index contributed by atoms with van der Waals surface area (Å²) in [4.78, 5) is 11.8. The fraction of sp³-hybridized carbons (Fsp3) is 0.923. The average Bonchev–Trinajstić information content (AvgIpc) is 2.79. The highest BCUT2D eigenvalue weighted by molar-refractivity contribution is 5.76. The van der Waals surface area contributed by atoms with E-state index in [0.29, 0.717) is 12.6 Å². The monoisotopic (exact) mass is 227 g/mol. The lowest BCUT2D eigenvalue weighted by atomic mass is 9.87. The molecule has 1 N–H and O–H groups in total. The molecular formula is C13H25NO2. The Morgan fingerprint density at radius 2 is 2.00 bits per heavy atom. The fourth-order valence-corrected chi connectivity index (χ4v) is 2.15. The van der Waals surface area contributed by atoms with Crippen molar-refractivity contribution in [3.63, 3.8) is 0 Å². The van der Waals surface area contributed by atoms with Gasteiger partial charge in [-0.1, -0.05) is 19.8 Å². The Morgan fingerprint density at radius 1 is 1.38 bits per heavy atom. The molecule has 0 aliphatic heterocycles. The Hall–Kier alpha value is -0.570. The molecule has 1 saturated carbocycles. The third-order valence-corrected chi connectivity index (χ3v) is 3.68. The third kappa shape index (κ3) is 3.48. The molecule has 1 unspecified atom stereocenters.